The third kappa shape index (κ3) is 2.68. The first-order valence-electron chi connectivity index (χ1n) is 8.22. The zero-order valence-electron chi connectivity index (χ0n) is 14.3. The van der Waals surface area contributed by atoms with E-state index in [0.29, 0.717) is 0 Å². The highest BCUT2D eigenvalue weighted by Crippen LogP contribution is 2.37. The second-order valence-corrected chi connectivity index (χ2v) is 6.03. The van der Waals surface area contributed by atoms with Crippen LogP contribution >= 0.6 is 0 Å². The zero-order chi connectivity index (χ0) is 17.4. The Morgan fingerprint density at radius 3 is 2.80 bits per heavy atom. The molecule has 126 valence electrons. The molecule has 25 heavy (non-hydrogen) atoms. The van der Waals surface area contributed by atoms with E-state index in [9.17, 15) is 0 Å². The highest BCUT2D eigenvalue weighted by molar-refractivity contribution is 5.97. The SMILES string of the molecule is Cc1nc(N(C)c2cccc3cc(OCN)ccc23)c2cccc-2[nH]1. The molecule has 2 aromatic carbocycles. The van der Waals surface area contributed by atoms with Gasteiger partial charge in [0.25, 0.3) is 0 Å². The first kappa shape index (κ1) is 15.5. The van der Waals surface area contributed by atoms with E-state index < -0.39 is 0 Å². The van der Waals surface area contributed by atoms with Crippen LogP contribution in [0.25, 0.3) is 22.0 Å². The van der Waals surface area contributed by atoms with Gasteiger partial charge < -0.3 is 14.6 Å². The largest absolute Gasteiger partial charge is 0.479 e. The number of fused-ring (bicyclic) bond motifs is 2. The number of hydrogen-bond acceptors (Lipinski definition) is 4. The van der Waals surface area contributed by atoms with Gasteiger partial charge in [-0.15, -0.1) is 0 Å². The van der Waals surface area contributed by atoms with Gasteiger partial charge in [0.1, 0.15) is 24.1 Å². The predicted octanol–water partition coefficient (Wildman–Crippen LogP) is 4.04. The number of rotatable bonds is 4. The van der Waals surface area contributed by atoms with Gasteiger partial charge >= 0.3 is 0 Å². The summed E-state index contributed by atoms with van der Waals surface area (Å²) >= 11 is 0. The molecule has 0 radical (unpaired) electrons. The lowest BCUT2D eigenvalue weighted by molar-refractivity contribution is 0.330. The lowest BCUT2D eigenvalue weighted by Gasteiger charge is -2.23. The summed E-state index contributed by atoms with van der Waals surface area (Å²) in [5, 5.41) is 2.25. The van der Waals surface area contributed by atoms with Crippen LogP contribution in [0.4, 0.5) is 11.5 Å². The number of nitrogens with two attached hydrogens (primary N) is 1. The van der Waals surface area contributed by atoms with Crippen LogP contribution in [-0.2, 0) is 0 Å². The maximum absolute atomic E-state index is 5.47. The Labute approximate surface area is 146 Å². The van der Waals surface area contributed by atoms with Crippen LogP contribution in [-0.4, -0.2) is 23.7 Å². The number of nitrogens with zero attached hydrogens (tertiary/aromatic N) is 2. The fourth-order valence-corrected chi connectivity index (χ4v) is 3.26. The molecule has 2 aromatic rings. The van der Waals surface area contributed by atoms with Gasteiger partial charge in [0.05, 0.1) is 5.69 Å². The van der Waals surface area contributed by atoms with Crippen molar-refractivity contribution in [3.05, 3.63) is 60.4 Å². The molecule has 0 saturated carbocycles. The Morgan fingerprint density at radius 1 is 1.12 bits per heavy atom. The highest BCUT2D eigenvalue weighted by atomic mass is 16.5. The van der Waals surface area contributed by atoms with Crippen molar-refractivity contribution >= 4 is 22.3 Å². The van der Waals surface area contributed by atoms with E-state index in [-0.39, 0.29) is 6.73 Å². The summed E-state index contributed by atoms with van der Waals surface area (Å²) in [6, 6.07) is 18.4. The first-order valence-corrected chi connectivity index (χ1v) is 8.22. The summed E-state index contributed by atoms with van der Waals surface area (Å²) in [7, 11) is 2.05. The number of nitrogens with one attached hydrogen (secondary N) is 1. The van der Waals surface area contributed by atoms with Crippen molar-refractivity contribution in [2.45, 2.75) is 6.92 Å². The number of ether oxygens (including phenoxy) is 1. The summed E-state index contributed by atoms with van der Waals surface area (Å²) in [5.74, 6) is 2.60. The summed E-state index contributed by atoms with van der Waals surface area (Å²) in [4.78, 5) is 10.2. The van der Waals surface area contributed by atoms with Crippen molar-refractivity contribution in [1.82, 2.24) is 9.97 Å². The van der Waals surface area contributed by atoms with Crippen LogP contribution in [0, 0.1) is 6.92 Å². The van der Waals surface area contributed by atoms with Crippen molar-refractivity contribution in [3.63, 3.8) is 0 Å². The van der Waals surface area contributed by atoms with E-state index in [1.807, 2.05) is 38.2 Å². The summed E-state index contributed by atoms with van der Waals surface area (Å²) in [6.07, 6.45) is 0. The predicted molar refractivity (Wildman–Crippen MR) is 102 cm³/mol. The smallest absolute Gasteiger partial charge is 0.144 e. The summed E-state index contributed by atoms with van der Waals surface area (Å²) < 4.78 is 5.41. The van der Waals surface area contributed by atoms with Crippen molar-refractivity contribution in [2.75, 3.05) is 18.7 Å². The molecule has 0 aromatic heterocycles. The van der Waals surface area contributed by atoms with Gasteiger partial charge in [-0.2, -0.15) is 0 Å². The molecule has 0 bridgehead atoms. The van der Waals surface area contributed by atoms with Crippen LogP contribution in [0.3, 0.4) is 0 Å². The van der Waals surface area contributed by atoms with E-state index in [2.05, 4.69) is 40.2 Å². The molecule has 1 aliphatic carbocycles. The molecule has 0 saturated heterocycles. The minimum atomic E-state index is 0.170. The van der Waals surface area contributed by atoms with E-state index >= 15 is 0 Å². The number of aryl methyl sites for hydroxylation is 1. The van der Waals surface area contributed by atoms with Crippen LogP contribution in [0.5, 0.6) is 5.75 Å². The molecular formula is C20H20N4O. The number of aromatic nitrogens is 2. The topological polar surface area (TPSA) is 67.2 Å². The number of hydrogen-bond donors (Lipinski definition) is 2. The quantitative estimate of drug-likeness (QED) is 0.554. The van der Waals surface area contributed by atoms with Crippen molar-refractivity contribution in [3.8, 4) is 17.0 Å². The van der Waals surface area contributed by atoms with Gasteiger partial charge in [-0.1, -0.05) is 18.2 Å². The molecule has 0 fully saturated rings. The molecular weight excluding hydrogens is 312 g/mol. The molecule has 0 atom stereocenters. The zero-order valence-corrected chi connectivity index (χ0v) is 14.3. The first-order chi connectivity index (χ1) is 12.2. The molecule has 1 heterocycles. The number of H-pyrrole nitrogens is 1. The second-order valence-electron chi connectivity index (χ2n) is 6.03. The third-order valence-corrected chi connectivity index (χ3v) is 4.40. The minimum absolute atomic E-state index is 0.170. The third-order valence-electron chi connectivity index (χ3n) is 4.40. The maximum atomic E-state index is 5.47. The van der Waals surface area contributed by atoms with Gasteiger partial charge in [0.15, 0.2) is 0 Å². The Bertz CT molecular complexity index is 1010. The average Bonchev–Trinajstić information content (AvgIpc) is 3.08. The average molecular weight is 332 g/mol. The van der Waals surface area contributed by atoms with Crippen molar-refractivity contribution in [1.29, 1.82) is 0 Å². The number of benzene rings is 2. The molecule has 3 N–H and O–H groups in total. The molecule has 5 heteroatoms. The number of anilines is 2. The normalized spacial score (nSPS) is 11.2. The van der Waals surface area contributed by atoms with Crippen LogP contribution in [0.2, 0.25) is 0 Å². The lowest BCUT2D eigenvalue weighted by atomic mass is 10.1. The van der Waals surface area contributed by atoms with Gasteiger partial charge in [0, 0.05) is 23.7 Å². The fraction of sp³-hybridized carbons (Fsp3) is 0.150. The highest BCUT2D eigenvalue weighted by Gasteiger charge is 2.17. The lowest BCUT2D eigenvalue weighted by Crippen LogP contribution is -2.14. The Hall–Kier alpha value is -3.05. The Morgan fingerprint density at radius 2 is 1.96 bits per heavy atom. The van der Waals surface area contributed by atoms with Crippen LogP contribution in [0.1, 0.15) is 5.82 Å². The van der Waals surface area contributed by atoms with Gasteiger partial charge in [-0.25, -0.2) is 4.98 Å². The van der Waals surface area contributed by atoms with Crippen molar-refractivity contribution < 1.29 is 4.74 Å². The molecule has 4 rings (SSSR count). The monoisotopic (exact) mass is 332 g/mol. The molecule has 2 aliphatic rings. The second kappa shape index (κ2) is 6.11. The van der Waals surface area contributed by atoms with Gasteiger partial charge in [-0.05, 0) is 48.7 Å². The standard InChI is InChI=1S/C20H20N4O/c1-13-22-18-7-4-6-17(18)20(23-13)24(2)19-8-3-5-14-11-15(25-12-21)9-10-16(14)19/h3-11H,12,21H2,1-2H3,(H,22,23). The van der Waals surface area contributed by atoms with E-state index in [1.54, 1.807) is 0 Å². The summed E-state index contributed by atoms with van der Waals surface area (Å²) in [6.45, 7) is 2.15. The minimum Gasteiger partial charge on any atom is -0.479 e. The van der Waals surface area contributed by atoms with Crippen LogP contribution < -0.4 is 15.4 Å². The fourth-order valence-electron chi connectivity index (χ4n) is 3.26. The summed E-state index contributed by atoms with van der Waals surface area (Å²) in [5.41, 5.74) is 8.76. The molecule has 0 spiro atoms. The number of aromatic amines is 1. The van der Waals surface area contributed by atoms with Gasteiger partial charge in [0.2, 0.25) is 0 Å². The van der Waals surface area contributed by atoms with Crippen molar-refractivity contribution in [2.24, 2.45) is 5.73 Å². The van der Waals surface area contributed by atoms with Crippen LogP contribution in [0.15, 0.2) is 54.6 Å². The van der Waals surface area contributed by atoms with E-state index in [1.165, 1.54) is 0 Å². The Kier molecular flexibility index (Phi) is 3.78. The molecule has 5 nitrogen and oxygen atoms in total. The molecule has 0 amide bonds. The Balaban J connectivity index is 1.84. The van der Waals surface area contributed by atoms with E-state index in [0.717, 1.165) is 45.1 Å². The molecule has 1 aliphatic heterocycles. The van der Waals surface area contributed by atoms with Gasteiger partial charge in [-0.3, -0.25) is 5.73 Å². The van der Waals surface area contributed by atoms with E-state index in [4.69, 9.17) is 15.5 Å². The maximum Gasteiger partial charge on any atom is 0.144 e. The molecule has 0 unspecified atom stereocenters.